The maximum Gasteiger partial charge on any atom is 0.0300 e. The van der Waals surface area contributed by atoms with Crippen LogP contribution in [0.15, 0.2) is 35.2 Å². The van der Waals surface area contributed by atoms with Gasteiger partial charge in [0.15, 0.2) is 0 Å². The predicted octanol–water partition coefficient (Wildman–Crippen LogP) is 4.04. The highest BCUT2D eigenvalue weighted by Gasteiger charge is 2.21. The summed E-state index contributed by atoms with van der Waals surface area (Å²) in [6, 6.07) is 11.3. The van der Waals surface area contributed by atoms with Crippen LogP contribution in [-0.4, -0.2) is 11.8 Å². The SMILES string of the molecule is c1ccc2c(c1)CC(CNCc1cc3c(s1)CCC3)S2. The highest BCUT2D eigenvalue weighted by Crippen LogP contribution is 2.36. The molecule has 0 spiro atoms. The monoisotopic (exact) mass is 301 g/mol. The quantitative estimate of drug-likeness (QED) is 0.914. The molecule has 104 valence electrons. The Bertz CT molecular complexity index is 571. The Morgan fingerprint density at radius 2 is 2.10 bits per heavy atom. The molecular weight excluding hydrogens is 282 g/mol. The summed E-state index contributed by atoms with van der Waals surface area (Å²) in [6.45, 7) is 2.16. The van der Waals surface area contributed by atoms with Crippen LogP contribution < -0.4 is 5.32 Å². The molecule has 0 radical (unpaired) electrons. The molecule has 3 heteroatoms. The fraction of sp³-hybridized carbons (Fsp3) is 0.412. The molecule has 0 saturated carbocycles. The lowest BCUT2D eigenvalue weighted by molar-refractivity contribution is 0.670. The summed E-state index contributed by atoms with van der Waals surface area (Å²) in [4.78, 5) is 4.65. The summed E-state index contributed by atoms with van der Waals surface area (Å²) in [5, 5.41) is 4.36. The summed E-state index contributed by atoms with van der Waals surface area (Å²) in [6.07, 6.45) is 5.20. The second kappa shape index (κ2) is 5.55. The smallest absolute Gasteiger partial charge is 0.0300 e. The highest BCUT2D eigenvalue weighted by molar-refractivity contribution is 8.00. The average Bonchev–Trinajstić information content (AvgIpc) is 3.10. The third kappa shape index (κ3) is 2.54. The zero-order valence-corrected chi connectivity index (χ0v) is 13.2. The van der Waals surface area contributed by atoms with Crippen LogP contribution in [0, 0.1) is 0 Å². The van der Waals surface area contributed by atoms with Crippen LogP contribution in [0.3, 0.4) is 0 Å². The maximum atomic E-state index is 3.66. The fourth-order valence-corrected chi connectivity index (χ4v) is 5.72. The van der Waals surface area contributed by atoms with E-state index < -0.39 is 0 Å². The van der Waals surface area contributed by atoms with Gasteiger partial charge in [-0.1, -0.05) is 18.2 Å². The number of aryl methyl sites for hydroxylation is 2. The lowest BCUT2D eigenvalue weighted by atomic mass is 10.1. The second-order valence-electron chi connectivity index (χ2n) is 5.70. The topological polar surface area (TPSA) is 12.0 Å². The molecule has 0 bridgehead atoms. The Balaban J connectivity index is 1.29. The molecule has 2 aromatic rings. The van der Waals surface area contributed by atoms with Gasteiger partial charge in [0.25, 0.3) is 0 Å². The first-order chi connectivity index (χ1) is 9.88. The summed E-state index contributed by atoms with van der Waals surface area (Å²) < 4.78 is 0. The van der Waals surface area contributed by atoms with Crippen molar-refractivity contribution >= 4 is 23.1 Å². The van der Waals surface area contributed by atoms with Gasteiger partial charge in [0.2, 0.25) is 0 Å². The molecule has 1 aliphatic heterocycles. The van der Waals surface area contributed by atoms with Crippen molar-refractivity contribution in [2.75, 3.05) is 6.54 Å². The van der Waals surface area contributed by atoms with E-state index in [9.17, 15) is 0 Å². The van der Waals surface area contributed by atoms with Gasteiger partial charge in [-0.25, -0.2) is 0 Å². The van der Waals surface area contributed by atoms with Gasteiger partial charge in [-0.05, 0) is 48.9 Å². The van der Waals surface area contributed by atoms with Crippen molar-refractivity contribution in [2.45, 2.75) is 42.4 Å². The summed E-state index contributed by atoms with van der Waals surface area (Å²) >= 11 is 4.06. The van der Waals surface area contributed by atoms with Gasteiger partial charge >= 0.3 is 0 Å². The molecule has 1 aliphatic carbocycles. The molecule has 2 aliphatic rings. The van der Waals surface area contributed by atoms with Crippen molar-refractivity contribution in [3.63, 3.8) is 0 Å². The molecular formula is C17H19NS2. The van der Waals surface area contributed by atoms with Gasteiger partial charge in [-0.2, -0.15) is 0 Å². The van der Waals surface area contributed by atoms with Crippen molar-refractivity contribution < 1.29 is 0 Å². The lowest BCUT2D eigenvalue weighted by Gasteiger charge is -2.09. The van der Waals surface area contributed by atoms with E-state index in [0.29, 0.717) is 5.25 Å². The minimum atomic E-state index is 0.708. The highest BCUT2D eigenvalue weighted by atomic mass is 32.2. The molecule has 2 heterocycles. The van der Waals surface area contributed by atoms with Gasteiger partial charge in [-0.15, -0.1) is 23.1 Å². The van der Waals surface area contributed by atoms with Gasteiger partial charge < -0.3 is 5.32 Å². The standard InChI is InChI=1S/C17H19NS2/c1-2-6-16-12(4-1)8-14(19-16)10-18-11-15-9-13-5-3-7-17(13)20-15/h1-2,4,6,9,14,18H,3,5,7-8,10-11H2. The van der Waals surface area contributed by atoms with E-state index in [2.05, 4.69) is 35.6 Å². The molecule has 1 aromatic heterocycles. The van der Waals surface area contributed by atoms with E-state index in [-0.39, 0.29) is 0 Å². The number of thioether (sulfide) groups is 1. The minimum Gasteiger partial charge on any atom is -0.311 e. The Morgan fingerprint density at radius 1 is 1.15 bits per heavy atom. The first-order valence-corrected chi connectivity index (χ1v) is 9.14. The van der Waals surface area contributed by atoms with E-state index in [0.717, 1.165) is 13.1 Å². The van der Waals surface area contributed by atoms with Crippen molar-refractivity contribution in [1.29, 1.82) is 0 Å². The number of nitrogens with one attached hydrogen (secondary N) is 1. The summed E-state index contributed by atoms with van der Waals surface area (Å²) in [5.41, 5.74) is 3.15. The van der Waals surface area contributed by atoms with Gasteiger partial charge in [0.05, 0.1) is 0 Å². The largest absolute Gasteiger partial charge is 0.311 e. The first-order valence-electron chi connectivity index (χ1n) is 7.44. The first kappa shape index (κ1) is 12.9. The number of hydrogen-bond donors (Lipinski definition) is 1. The summed E-state index contributed by atoms with van der Waals surface area (Å²) in [5.74, 6) is 0. The van der Waals surface area contributed by atoms with Crippen LogP contribution in [0.5, 0.6) is 0 Å². The van der Waals surface area contributed by atoms with Crippen LogP contribution >= 0.6 is 23.1 Å². The van der Waals surface area contributed by atoms with E-state index in [1.165, 1.54) is 41.0 Å². The Hall–Kier alpha value is -0.770. The van der Waals surface area contributed by atoms with Crippen LogP contribution in [0.4, 0.5) is 0 Å². The van der Waals surface area contributed by atoms with Gasteiger partial charge in [0, 0.05) is 33.0 Å². The van der Waals surface area contributed by atoms with Crippen LogP contribution in [0.1, 0.15) is 27.3 Å². The number of benzene rings is 1. The maximum absolute atomic E-state index is 3.66. The molecule has 1 unspecified atom stereocenters. The molecule has 1 N–H and O–H groups in total. The Kier molecular flexibility index (Phi) is 3.59. The van der Waals surface area contributed by atoms with Crippen LogP contribution in [0.25, 0.3) is 0 Å². The number of hydrogen-bond acceptors (Lipinski definition) is 3. The van der Waals surface area contributed by atoms with Crippen molar-refractivity contribution in [2.24, 2.45) is 0 Å². The van der Waals surface area contributed by atoms with Crippen LogP contribution in [-0.2, 0) is 25.8 Å². The molecule has 0 fully saturated rings. The number of fused-ring (bicyclic) bond motifs is 2. The Morgan fingerprint density at radius 3 is 3.00 bits per heavy atom. The molecule has 1 nitrogen and oxygen atoms in total. The van der Waals surface area contributed by atoms with E-state index in [1.54, 1.807) is 10.4 Å². The van der Waals surface area contributed by atoms with Crippen molar-refractivity contribution in [1.82, 2.24) is 5.32 Å². The normalized spacial score (nSPS) is 20.1. The van der Waals surface area contributed by atoms with E-state index in [4.69, 9.17) is 0 Å². The predicted molar refractivity (Wildman–Crippen MR) is 87.8 cm³/mol. The molecule has 1 aromatic carbocycles. The van der Waals surface area contributed by atoms with E-state index in [1.807, 2.05) is 23.1 Å². The van der Waals surface area contributed by atoms with E-state index >= 15 is 0 Å². The molecule has 0 saturated heterocycles. The fourth-order valence-electron chi connectivity index (χ4n) is 3.20. The Labute approximate surface area is 128 Å². The molecule has 4 rings (SSSR count). The number of thiophene rings is 1. The van der Waals surface area contributed by atoms with Crippen LogP contribution in [0.2, 0.25) is 0 Å². The van der Waals surface area contributed by atoms with Gasteiger partial charge in [0.1, 0.15) is 0 Å². The zero-order valence-electron chi connectivity index (χ0n) is 11.5. The third-order valence-corrected chi connectivity index (χ3v) is 6.74. The average molecular weight is 301 g/mol. The molecule has 20 heavy (non-hydrogen) atoms. The molecule has 1 atom stereocenters. The third-order valence-electron chi connectivity index (χ3n) is 4.18. The minimum absolute atomic E-state index is 0.708. The number of rotatable bonds is 4. The van der Waals surface area contributed by atoms with Crippen molar-refractivity contribution in [3.8, 4) is 0 Å². The second-order valence-corrected chi connectivity index (χ2v) is 8.26. The lowest BCUT2D eigenvalue weighted by Crippen LogP contribution is -2.23. The zero-order chi connectivity index (χ0) is 13.4. The van der Waals surface area contributed by atoms with Crippen molar-refractivity contribution in [3.05, 3.63) is 51.2 Å². The van der Waals surface area contributed by atoms with Gasteiger partial charge in [-0.3, -0.25) is 0 Å². The molecule has 0 amide bonds. The summed E-state index contributed by atoms with van der Waals surface area (Å²) in [7, 11) is 0.